The Bertz CT molecular complexity index is 341. The van der Waals surface area contributed by atoms with E-state index in [1.54, 1.807) is 6.20 Å². The summed E-state index contributed by atoms with van der Waals surface area (Å²) in [6.45, 7) is 6.90. The van der Waals surface area contributed by atoms with E-state index in [1.165, 1.54) is 0 Å². The maximum absolute atomic E-state index is 8.60. The lowest BCUT2D eigenvalue weighted by atomic mass is 10.1. The highest BCUT2D eigenvalue weighted by Gasteiger charge is 2.15. The Morgan fingerprint density at radius 1 is 1.71 bits per heavy atom. The highest BCUT2D eigenvalue weighted by atomic mass is 16.4. The predicted molar refractivity (Wildman–Crippen MR) is 54.5 cm³/mol. The van der Waals surface area contributed by atoms with Crippen molar-refractivity contribution in [3.8, 4) is 0 Å². The number of rotatable bonds is 3. The van der Waals surface area contributed by atoms with Crippen molar-refractivity contribution in [1.82, 2.24) is 9.78 Å². The number of nitrogens with zero attached hydrogens (tertiary/aromatic N) is 3. The van der Waals surface area contributed by atoms with Crippen LogP contribution in [0.5, 0.6) is 0 Å². The number of aryl methyl sites for hydroxylation is 1. The molecule has 3 N–H and O–H groups in total. The quantitative estimate of drug-likeness (QED) is 0.329. The van der Waals surface area contributed by atoms with Crippen molar-refractivity contribution in [3.63, 3.8) is 0 Å². The van der Waals surface area contributed by atoms with Gasteiger partial charge in [0, 0.05) is 6.54 Å². The van der Waals surface area contributed by atoms with Gasteiger partial charge in [0.2, 0.25) is 0 Å². The summed E-state index contributed by atoms with van der Waals surface area (Å²) in [7, 11) is 0. The van der Waals surface area contributed by atoms with Crippen LogP contribution < -0.4 is 5.73 Å². The molecule has 0 saturated heterocycles. The van der Waals surface area contributed by atoms with E-state index in [0.717, 1.165) is 12.2 Å². The molecule has 0 fully saturated rings. The molecule has 5 heteroatoms. The SMILES string of the molecule is CCn1ncc(/C(N)=N\O)c1C(C)C. The van der Waals surface area contributed by atoms with Crippen LogP contribution in [0.1, 0.15) is 37.9 Å². The number of hydrogen-bond acceptors (Lipinski definition) is 3. The van der Waals surface area contributed by atoms with Gasteiger partial charge in [-0.15, -0.1) is 0 Å². The van der Waals surface area contributed by atoms with Crippen molar-refractivity contribution in [2.45, 2.75) is 33.2 Å². The number of amidine groups is 1. The van der Waals surface area contributed by atoms with Crippen molar-refractivity contribution in [3.05, 3.63) is 17.5 Å². The maximum Gasteiger partial charge on any atom is 0.173 e. The third-order valence-electron chi connectivity index (χ3n) is 2.11. The molecule has 0 spiro atoms. The lowest BCUT2D eigenvalue weighted by Crippen LogP contribution is -2.16. The molecule has 0 unspecified atom stereocenters. The van der Waals surface area contributed by atoms with Crippen molar-refractivity contribution >= 4 is 5.84 Å². The lowest BCUT2D eigenvalue weighted by Gasteiger charge is -2.10. The van der Waals surface area contributed by atoms with Gasteiger partial charge >= 0.3 is 0 Å². The van der Waals surface area contributed by atoms with Gasteiger partial charge in [0.25, 0.3) is 0 Å². The van der Waals surface area contributed by atoms with Crippen molar-refractivity contribution in [2.75, 3.05) is 0 Å². The van der Waals surface area contributed by atoms with Crippen molar-refractivity contribution in [2.24, 2.45) is 10.9 Å². The average Bonchev–Trinajstić information content (AvgIpc) is 2.59. The Balaban J connectivity index is 3.24. The first kappa shape index (κ1) is 10.6. The monoisotopic (exact) mass is 196 g/mol. The van der Waals surface area contributed by atoms with Gasteiger partial charge in [-0.1, -0.05) is 19.0 Å². The van der Waals surface area contributed by atoms with Crippen LogP contribution in [0, 0.1) is 0 Å². The first-order valence-corrected chi connectivity index (χ1v) is 4.65. The standard InChI is InChI=1S/C9H16N4O/c1-4-13-8(6(2)3)7(5-11-13)9(10)12-14/h5-6,14H,4H2,1-3H3,(H2,10,12). The van der Waals surface area contributed by atoms with Gasteiger partial charge in [0.1, 0.15) is 0 Å². The molecule has 0 aliphatic heterocycles. The Labute approximate surface area is 83.2 Å². The van der Waals surface area contributed by atoms with Crippen LogP contribution in [-0.2, 0) is 6.54 Å². The summed E-state index contributed by atoms with van der Waals surface area (Å²) in [6.07, 6.45) is 1.63. The third-order valence-corrected chi connectivity index (χ3v) is 2.11. The minimum atomic E-state index is 0.119. The molecule has 1 aromatic rings. The van der Waals surface area contributed by atoms with Gasteiger partial charge in [0.15, 0.2) is 5.84 Å². The second-order valence-corrected chi connectivity index (χ2v) is 3.40. The third kappa shape index (κ3) is 1.71. The average molecular weight is 196 g/mol. The molecule has 0 saturated carbocycles. The molecule has 0 atom stereocenters. The Morgan fingerprint density at radius 2 is 2.36 bits per heavy atom. The summed E-state index contributed by atoms with van der Waals surface area (Å²) in [5.41, 5.74) is 7.26. The van der Waals surface area contributed by atoms with Crippen LogP contribution in [0.15, 0.2) is 11.4 Å². The summed E-state index contributed by atoms with van der Waals surface area (Å²) in [6, 6.07) is 0. The van der Waals surface area contributed by atoms with E-state index >= 15 is 0 Å². The van der Waals surface area contributed by atoms with Gasteiger partial charge in [-0.05, 0) is 12.8 Å². The highest BCUT2D eigenvalue weighted by Crippen LogP contribution is 2.18. The summed E-state index contributed by atoms with van der Waals surface area (Å²) < 4.78 is 1.86. The van der Waals surface area contributed by atoms with E-state index < -0.39 is 0 Å². The maximum atomic E-state index is 8.60. The second kappa shape index (κ2) is 4.13. The minimum absolute atomic E-state index is 0.119. The molecular weight excluding hydrogens is 180 g/mol. The Morgan fingerprint density at radius 3 is 2.79 bits per heavy atom. The van der Waals surface area contributed by atoms with Crippen LogP contribution in [0.2, 0.25) is 0 Å². The van der Waals surface area contributed by atoms with E-state index in [4.69, 9.17) is 10.9 Å². The molecule has 0 aromatic carbocycles. The Hall–Kier alpha value is -1.52. The largest absolute Gasteiger partial charge is 0.409 e. The number of oxime groups is 1. The molecule has 0 aliphatic carbocycles. The normalized spacial score (nSPS) is 12.4. The molecule has 0 radical (unpaired) electrons. The molecule has 14 heavy (non-hydrogen) atoms. The molecule has 78 valence electrons. The van der Waals surface area contributed by atoms with Crippen LogP contribution in [-0.4, -0.2) is 20.8 Å². The van der Waals surface area contributed by atoms with Gasteiger partial charge in [0.05, 0.1) is 17.5 Å². The molecule has 1 heterocycles. The fraction of sp³-hybridized carbons (Fsp3) is 0.556. The van der Waals surface area contributed by atoms with Gasteiger partial charge in [-0.2, -0.15) is 5.10 Å². The van der Waals surface area contributed by atoms with E-state index in [1.807, 2.05) is 11.6 Å². The summed E-state index contributed by atoms with van der Waals surface area (Å²) in [4.78, 5) is 0. The molecule has 0 bridgehead atoms. The molecule has 0 aliphatic rings. The van der Waals surface area contributed by atoms with Crippen LogP contribution in [0.3, 0.4) is 0 Å². The summed E-state index contributed by atoms with van der Waals surface area (Å²) in [5, 5.41) is 15.8. The van der Waals surface area contributed by atoms with Crippen molar-refractivity contribution in [1.29, 1.82) is 0 Å². The van der Waals surface area contributed by atoms with Crippen LogP contribution in [0.25, 0.3) is 0 Å². The molecule has 5 nitrogen and oxygen atoms in total. The number of hydrogen-bond donors (Lipinski definition) is 2. The summed E-state index contributed by atoms with van der Waals surface area (Å²) >= 11 is 0. The number of aromatic nitrogens is 2. The zero-order chi connectivity index (χ0) is 10.7. The summed E-state index contributed by atoms with van der Waals surface area (Å²) in [5.74, 6) is 0.418. The topological polar surface area (TPSA) is 76.4 Å². The lowest BCUT2D eigenvalue weighted by molar-refractivity contribution is 0.318. The fourth-order valence-corrected chi connectivity index (χ4v) is 1.51. The predicted octanol–water partition coefficient (Wildman–Crippen LogP) is 1.12. The van der Waals surface area contributed by atoms with Crippen LogP contribution >= 0.6 is 0 Å². The number of nitrogens with two attached hydrogens (primary N) is 1. The second-order valence-electron chi connectivity index (χ2n) is 3.40. The van der Waals surface area contributed by atoms with E-state index in [9.17, 15) is 0 Å². The fourth-order valence-electron chi connectivity index (χ4n) is 1.51. The van der Waals surface area contributed by atoms with E-state index in [-0.39, 0.29) is 5.84 Å². The van der Waals surface area contributed by atoms with E-state index in [0.29, 0.717) is 11.5 Å². The van der Waals surface area contributed by atoms with E-state index in [2.05, 4.69) is 24.1 Å². The smallest absolute Gasteiger partial charge is 0.173 e. The molecule has 1 aromatic heterocycles. The highest BCUT2D eigenvalue weighted by molar-refractivity contribution is 5.98. The first-order chi connectivity index (χ1) is 6.61. The van der Waals surface area contributed by atoms with Crippen LogP contribution in [0.4, 0.5) is 0 Å². The zero-order valence-electron chi connectivity index (χ0n) is 8.73. The molecule has 1 rings (SSSR count). The van der Waals surface area contributed by atoms with Gasteiger partial charge < -0.3 is 10.9 Å². The van der Waals surface area contributed by atoms with Gasteiger partial charge in [-0.3, -0.25) is 4.68 Å². The Kier molecular flexibility index (Phi) is 3.11. The zero-order valence-corrected chi connectivity index (χ0v) is 8.73. The van der Waals surface area contributed by atoms with Crippen molar-refractivity contribution < 1.29 is 5.21 Å². The molecule has 0 amide bonds. The first-order valence-electron chi connectivity index (χ1n) is 4.65. The van der Waals surface area contributed by atoms with Gasteiger partial charge in [-0.25, -0.2) is 0 Å². The molecular formula is C9H16N4O. The minimum Gasteiger partial charge on any atom is -0.409 e.